The van der Waals surface area contributed by atoms with Crippen LogP contribution in [-0.2, 0) is 22.4 Å². The molecule has 0 saturated carbocycles. The lowest BCUT2D eigenvalue weighted by molar-refractivity contribution is -0.121. The fourth-order valence-corrected chi connectivity index (χ4v) is 6.08. The Morgan fingerprint density at radius 1 is 1.12 bits per heavy atom. The lowest BCUT2D eigenvalue weighted by Gasteiger charge is -2.29. The number of aromatic amines is 1. The van der Waals surface area contributed by atoms with Crippen LogP contribution >= 0.6 is 11.3 Å². The van der Waals surface area contributed by atoms with E-state index >= 15 is 0 Å². The highest BCUT2D eigenvalue weighted by molar-refractivity contribution is 7.17. The molecule has 2 aromatic carbocycles. The molecule has 0 spiro atoms. The van der Waals surface area contributed by atoms with Gasteiger partial charge in [0, 0.05) is 17.8 Å². The van der Waals surface area contributed by atoms with Crippen LogP contribution in [0.2, 0.25) is 0 Å². The van der Waals surface area contributed by atoms with Gasteiger partial charge in [0.1, 0.15) is 16.6 Å². The van der Waals surface area contributed by atoms with Gasteiger partial charge in [-0.15, -0.1) is 11.3 Å². The number of aromatic nitrogens is 2. The Labute approximate surface area is 200 Å². The number of benzene rings is 2. The maximum Gasteiger partial charge on any atom is 0.265 e. The molecule has 34 heavy (non-hydrogen) atoms. The number of carbonyl (C=O) groups excluding carboxylic acids is 2. The summed E-state index contributed by atoms with van der Waals surface area (Å²) in [5.74, 6) is 1.21. The zero-order valence-electron chi connectivity index (χ0n) is 18.6. The Hall–Kier alpha value is -3.65. The molecule has 0 radical (unpaired) electrons. The molecule has 172 valence electrons. The summed E-state index contributed by atoms with van der Waals surface area (Å²) >= 11 is 1.65. The van der Waals surface area contributed by atoms with Crippen molar-refractivity contribution in [3.05, 3.63) is 59.0 Å². The van der Waals surface area contributed by atoms with Crippen LogP contribution in [0, 0.1) is 0 Å². The number of aryl methyl sites for hydroxylation is 1. The van der Waals surface area contributed by atoms with Gasteiger partial charge < -0.3 is 19.9 Å². The largest absolute Gasteiger partial charge is 0.482 e. The number of imidazole rings is 1. The molecule has 8 heteroatoms. The van der Waals surface area contributed by atoms with Gasteiger partial charge in [0.25, 0.3) is 5.91 Å². The molecule has 7 nitrogen and oxygen atoms in total. The Bertz CT molecular complexity index is 1370. The molecule has 1 aliphatic carbocycles. The minimum Gasteiger partial charge on any atom is -0.482 e. The van der Waals surface area contributed by atoms with Gasteiger partial charge in [-0.05, 0) is 55.5 Å². The van der Waals surface area contributed by atoms with E-state index in [1.54, 1.807) is 16.2 Å². The Balaban J connectivity index is 1.26. The van der Waals surface area contributed by atoms with Crippen LogP contribution in [0.15, 0.2) is 48.5 Å². The molecule has 6 rings (SSSR count). The maximum atomic E-state index is 13.0. The van der Waals surface area contributed by atoms with Gasteiger partial charge >= 0.3 is 0 Å². The second kappa shape index (κ2) is 8.61. The van der Waals surface area contributed by atoms with Crippen molar-refractivity contribution >= 4 is 44.9 Å². The van der Waals surface area contributed by atoms with Crippen molar-refractivity contribution in [1.29, 1.82) is 0 Å². The van der Waals surface area contributed by atoms with Gasteiger partial charge in [-0.2, -0.15) is 0 Å². The van der Waals surface area contributed by atoms with E-state index in [9.17, 15) is 9.59 Å². The highest BCUT2D eigenvalue weighted by Crippen LogP contribution is 2.43. The number of rotatable bonds is 5. The number of nitrogens with zero attached hydrogens (tertiary/aromatic N) is 2. The molecule has 0 saturated heterocycles. The van der Waals surface area contributed by atoms with Gasteiger partial charge in [-0.1, -0.05) is 24.3 Å². The zero-order valence-corrected chi connectivity index (χ0v) is 19.4. The van der Waals surface area contributed by atoms with E-state index in [-0.39, 0.29) is 24.8 Å². The topological polar surface area (TPSA) is 87.3 Å². The normalized spacial score (nSPS) is 15.1. The SMILES string of the molecule is O=C(CCN1C(=O)COc2ccccc21)Nc1sc2c(c1-c1nc3ccccc3[nH]1)CCCC2. The lowest BCUT2D eigenvalue weighted by atomic mass is 9.95. The van der Waals surface area contributed by atoms with E-state index in [4.69, 9.17) is 9.72 Å². The van der Waals surface area contributed by atoms with Crippen molar-refractivity contribution in [1.82, 2.24) is 9.97 Å². The Morgan fingerprint density at radius 3 is 2.85 bits per heavy atom. The minimum atomic E-state index is -0.138. The molecule has 4 aromatic rings. The summed E-state index contributed by atoms with van der Waals surface area (Å²) in [4.78, 5) is 36.7. The first-order chi connectivity index (χ1) is 16.7. The Kier molecular flexibility index (Phi) is 5.30. The third-order valence-corrected chi connectivity index (χ3v) is 7.63. The monoisotopic (exact) mass is 472 g/mol. The van der Waals surface area contributed by atoms with Crippen molar-refractivity contribution in [2.24, 2.45) is 0 Å². The van der Waals surface area contributed by atoms with Gasteiger partial charge in [0.2, 0.25) is 5.91 Å². The van der Waals surface area contributed by atoms with Crippen molar-refractivity contribution in [3.63, 3.8) is 0 Å². The van der Waals surface area contributed by atoms with Gasteiger partial charge in [-0.25, -0.2) is 4.98 Å². The number of fused-ring (bicyclic) bond motifs is 3. The van der Waals surface area contributed by atoms with Crippen LogP contribution in [0.1, 0.15) is 29.7 Å². The van der Waals surface area contributed by atoms with E-state index < -0.39 is 0 Å². The highest BCUT2D eigenvalue weighted by Gasteiger charge is 2.27. The number of thiophene rings is 1. The summed E-state index contributed by atoms with van der Waals surface area (Å²) in [6.45, 7) is 0.294. The predicted molar refractivity (Wildman–Crippen MR) is 134 cm³/mol. The third kappa shape index (κ3) is 3.74. The van der Waals surface area contributed by atoms with Crippen LogP contribution in [0.25, 0.3) is 22.4 Å². The molecule has 0 unspecified atom stereocenters. The fraction of sp³-hybridized carbons (Fsp3) is 0.269. The summed E-state index contributed by atoms with van der Waals surface area (Å²) in [5, 5.41) is 3.98. The van der Waals surface area contributed by atoms with Crippen molar-refractivity contribution < 1.29 is 14.3 Å². The smallest absolute Gasteiger partial charge is 0.265 e. The van der Waals surface area contributed by atoms with Gasteiger partial charge in [0.15, 0.2) is 6.61 Å². The minimum absolute atomic E-state index is 0.00746. The molecule has 2 aromatic heterocycles. The molecule has 2 N–H and O–H groups in total. The van der Waals surface area contributed by atoms with E-state index in [1.807, 2.05) is 48.5 Å². The Morgan fingerprint density at radius 2 is 1.94 bits per heavy atom. The molecule has 1 aliphatic heterocycles. The van der Waals surface area contributed by atoms with E-state index in [1.165, 1.54) is 16.9 Å². The molecule has 0 atom stereocenters. The van der Waals surface area contributed by atoms with Crippen molar-refractivity contribution in [3.8, 4) is 17.1 Å². The van der Waals surface area contributed by atoms with Crippen LogP contribution in [0.5, 0.6) is 5.75 Å². The first-order valence-electron chi connectivity index (χ1n) is 11.6. The zero-order chi connectivity index (χ0) is 23.1. The first-order valence-corrected chi connectivity index (χ1v) is 12.4. The number of carbonyl (C=O) groups is 2. The number of nitrogens with one attached hydrogen (secondary N) is 2. The molecule has 2 aliphatic rings. The molecule has 0 bridgehead atoms. The van der Waals surface area contributed by atoms with Crippen molar-refractivity contribution in [2.75, 3.05) is 23.4 Å². The summed E-state index contributed by atoms with van der Waals surface area (Å²) in [5.41, 5.74) is 4.91. The predicted octanol–water partition coefficient (Wildman–Crippen LogP) is 4.92. The summed E-state index contributed by atoms with van der Waals surface area (Å²) in [6, 6.07) is 15.4. The van der Waals surface area contributed by atoms with E-state index in [2.05, 4.69) is 10.3 Å². The highest BCUT2D eigenvalue weighted by atomic mass is 32.1. The standard InChI is InChI=1S/C26H24N4O3S/c31-22(13-14-30-19-10-4-5-11-20(19)33-15-23(30)32)29-26-24(16-7-1-6-12-21(16)34-26)25-27-17-8-2-3-9-18(17)28-25/h2-5,8-11H,1,6-7,12-15H2,(H,27,28)(H,29,31). The van der Waals surface area contributed by atoms with Crippen LogP contribution in [0.4, 0.5) is 10.7 Å². The first kappa shape index (κ1) is 20.9. The summed E-state index contributed by atoms with van der Waals surface area (Å²) in [7, 11) is 0. The fourth-order valence-electron chi connectivity index (χ4n) is 4.78. The van der Waals surface area contributed by atoms with Gasteiger partial charge in [-0.3, -0.25) is 9.59 Å². The van der Waals surface area contributed by atoms with Crippen LogP contribution in [0.3, 0.4) is 0 Å². The second-order valence-corrected chi connectivity index (χ2v) is 9.72. The third-order valence-electron chi connectivity index (χ3n) is 6.42. The van der Waals surface area contributed by atoms with E-state index in [0.29, 0.717) is 18.0 Å². The number of H-pyrrole nitrogens is 1. The lowest BCUT2D eigenvalue weighted by Crippen LogP contribution is -2.40. The molecule has 0 fully saturated rings. The number of ether oxygens (including phenoxy) is 1. The molecule has 2 amide bonds. The molecular weight excluding hydrogens is 448 g/mol. The van der Waals surface area contributed by atoms with E-state index in [0.717, 1.165) is 46.7 Å². The van der Waals surface area contributed by atoms with Crippen molar-refractivity contribution in [2.45, 2.75) is 32.1 Å². The van der Waals surface area contributed by atoms with Gasteiger partial charge in [0.05, 0.1) is 22.3 Å². The quantitative estimate of drug-likeness (QED) is 0.431. The summed E-state index contributed by atoms with van der Waals surface area (Å²) in [6.07, 6.45) is 4.53. The number of hydrogen-bond donors (Lipinski definition) is 2. The second-order valence-electron chi connectivity index (χ2n) is 8.62. The molecule has 3 heterocycles. The average Bonchev–Trinajstić information content (AvgIpc) is 3.44. The van der Waals surface area contributed by atoms with Crippen LogP contribution in [-0.4, -0.2) is 34.9 Å². The number of anilines is 2. The number of para-hydroxylation sites is 4. The molecular formula is C26H24N4O3S. The maximum absolute atomic E-state index is 13.0. The number of amides is 2. The average molecular weight is 473 g/mol. The summed E-state index contributed by atoms with van der Waals surface area (Å²) < 4.78 is 5.50. The number of hydrogen-bond acceptors (Lipinski definition) is 5. The van der Waals surface area contributed by atoms with Crippen LogP contribution < -0.4 is 15.0 Å².